The van der Waals surface area contributed by atoms with Crippen molar-refractivity contribution in [2.45, 2.75) is 25.4 Å². The molecule has 1 aliphatic rings. The van der Waals surface area contributed by atoms with Crippen LogP contribution in [0.1, 0.15) is 24.8 Å². The van der Waals surface area contributed by atoms with Crippen molar-refractivity contribution in [3.8, 4) is 0 Å². The van der Waals surface area contributed by atoms with Crippen LogP contribution in [0.25, 0.3) is 0 Å². The molecule has 1 heterocycles. The maximum Gasteiger partial charge on any atom is 0.220 e. The van der Waals surface area contributed by atoms with E-state index < -0.39 is 6.10 Å². The van der Waals surface area contributed by atoms with Crippen molar-refractivity contribution in [2.75, 3.05) is 19.6 Å². The lowest BCUT2D eigenvalue weighted by Crippen LogP contribution is -2.34. The first-order valence-corrected chi connectivity index (χ1v) is 6.98. The second-order valence-electron chi connectivity index (χ2n) is 5.42. The zero-order valence-corrected chi connectivity index (χ0v) is 12.8. The van der Waals surface area contributed by atoms with E-state index >= 15 is 0 Å². The molecule has 3 N–H and O–H groups in total. The van der Waals surface area contributed by atoms with Crippen molar-refractivity contribution in [3.63, 3.8) is 0 Å². The molecule has 118 valence electrons. The fourth-order valence-electron chi connectivity index (χ4n) is 2.51. The molecule has 3 atom stereocenters. The number of aliphatic hydroxyl groups excluding tert-OH is 1. The van der Waals surface area contributed by atoms with Gasteiger partial charge in [-0.15, -0.1) is 12.4 Å². The van der Waals surface area contributed by atoms with E-state index in [4.69, 9.17) is 0 Å². The Morgan fingerprint density at radius 1 is 1.48 bits per heavy atom. The van der Waals surface area contributed by atoms with Crippen LogP contribution >= 0.6 is 12.4 Å². The molecule has 21 heavy (non-hydrogen) atoms. The first-order valence-electron chi connectivity index (χ1n) is 6.98. The van der Waals surface area contributed by atoms with Crippen LogP contribution in [-0.4, -0.2) is 36.8 Å². The van der Waals surface area contributed by atoms with Crippen molar-refractivity contribution >= 4 is 18.3 Å². The zero-order chi connectivity index (χ0) is 14.5. The van der Waals surface area contributed by atoms with Gasteiger partial charge in [0.25, 0.3) is 0 Å². The number of hydrogen-bond donors (Lipinski definition) is 3. The van der Waals surface area contributed by atoms with Gasteiger partial charge in [-0.1, -0.05) is 25.1 Å². The van der Waals surface area contributed by atoms with Crippen molar-refractivity contribution in [1.82, 2.24) is 10.6 Å². The molecule has 0 saturated carbocycles. The fourth-order valence-corrected chi connectivity index (χ4v) is 2.51. The van der Waals surface area contributed by atoms with Gasteiger partial charge >= 0.3 is 0 Å². The maximum atomic E-state index is 13.6. The Balaban J connectivity index is 0.00000220. The molecule has 2 rings (SSSR count). The fraction of sp³-hybridized carbons (Fsp3) is 0.533. The van der Waals surface area contributed by atoms with E-state index in [1.165, 1.54) is 6.07 Å². The molecule has 1 aromatic carbocycles. The van der Waals surface area contributed by atoms with Gasteiger partial charge in [-0.05, 0) is 17.5 Å². The highest BCUT2D eigenvalue weighted by Crippen LogP contribution is 2.21. The number of benzene rings is 1. The van der Waals surface area contributed by atoms with E-state index in [0.29, 0.717) is 25.2 Å². The number of nitrogens with one attached hydrogen (secondary N) is 2. The predicted molar refractivity (Wildman–Crippen MR) is 82.1 cm³/mol. The summed E-state index contributed by atoms with van der Waals surface area (Å²) < 4.78 is 13.6. The van der Waals surface area contributed by atoms with Gasteiger partial charge in [0, 0.05) is 32.0 Å². The Morgan fingerprint density at radius 3 is 2.81 bits per heavy atom. The summed E-state index contributed by atoms with van der Waals surface area (Å²) in [4.78, 5) is 11.9. The van der Waals surface area contributed by atoms with Crippen LogP contribution in [0.5, 0.6) is 0 Å². The van der Waals surface area contributed by atoms with Gasteiger partial charge in [-0.2, -0.15) is 0 Å². The Kier molecular flexibility index (Phi) is 7.08. The smallest absolute Gasteiger partial charge is 0.220 e. The van der Waals surface area contributed by atoms with Crippen LogP contribution in [0.2, 0.25) is 0 Å². The molecule has 0 spiro atoms. The van der Waals surface area contributed by atoms with Crippen LogP contribution in [0.4, 0.5) is 4.39 Å². The number of rotatable bonds is 5. The summed E-state index contributed by atoms with van der Waals surface area (Å²) in [5, 5.41) is 15.5. The Bertz CT molecular complexity index is 473. The molecule has 1 aromatic rings. The second-order valence-corrected chi connectivity index (χ2v) is 5.42. The highest BCUT2D eigenvalue weighted by molar-refractivity contribution is 5.85. The predicted octanol–water partition coefficient (Wildman–Crippen LogP) is 1.44. The van der Waals surface area contributed by atoms with Gasteiger partial charge in [0.05, 0.1) is 6.10 Å². The molecule has 6 heteroatoms. The monoisotopic (exact) mass is 316 g/mol. The summed E-state index contributed by atoms with van der Waals surface area (Å²) in [5.41, 5.74) is 0.560. The topological polar surface area (TPSA) is 61.4 Å². The lowest BCUT2D eigenvalue weighted by Gasteiger charge is -2.16. The van der Waals surface area contributed by atoms with Gasteiger partial charge in [-0.3, -0.25) is 4.79 Å². The van der Waals surface area contributed by atoms with Crippen LogP contribution < -0.4 is 10.6 Å². The Morgan fingerprint density at radius 2 is 2.19 bits per heavy atom. The Labute approximate surface area is 130 Å². The van der Waals surface area contributed by atoms with E-state index in [-0.39, 0.29) is 42.4 Å². The number of amides is 1. The van der Waals surface area contributed by atoms with Crippen LogP contribution in [0.15, 0.2) is 24.3 Å². The van der Waals surface area contributed by atoms with E-state index in [2.05, 4.69) is 10.6 Å². The maximum absolute atomic E-state index is 13.6. The number of aliphatic hydroxyl groups is 1. The van der Waals surface area contributed by atoms with E-state index in [1.807, 2.05) is 6.92 Å². The average molecular weight is 317 g/mol. The SMILES string of the molecule is CC(CC(=O)NCC1CNCC1O)c1ccccc1F.Cl. The summed E-state index contributed by atoms with van der Waals surface area (Å²) in [6.07, 6.45) is -0.156. The molecular formula is C15H22ClFN2O2. The Hall–Kier alpha value is -1.17. The largest absolute Gasteiger partial charge is 0.391 e. The third-order valence-corrected chi connectivity index (χ3v) is 3.79. The normalized spacial score (nSPS) is 22.4. The molecule has 0 bridgehead atoms. The summed E-state index contributed by atoms with van der Waals surface area (Å²) >= 11 is 0. The summed E-state index contributed by atoms with van der Waals surface area (Å²) in [6, 6.07) is 6.52. The third kappa shape index (κ3) is 4.95. The van der Waals surface area contributed by atoms with Crippen molar-refractivity contribution in [2.24, 2.45) is 5.92 Å². The van der Waals surface area contributed by atoms with Crippen molar-refractivity contribution in [3.05, 3.63) is 35.6 Å². The quantitative estimate of drug-likeness (QED) is 0.770. The number of hydrogen-bond acceptors (Lipinski definition) is 3. The summed E-state index contributed by atoms with van der Waals surface area (Å²) in [5.74, 6) is -0.492. The molecule has 4 nitrogen and oxygen atoms in total. The third-order valence-electron chi connectivity index (χ3n) is 3.79. The lowest BCUT2D eigenvalue weighted by molar-refractivity contribution is -0.121. The molecule has 3 unspecified atom stereocenters. The molecule has 1 fully saturated rings. The van der Waals surface area contributed by atoms with E-state index in [0.717, 1.165) is 0 Å². The van der Waals surface area contributed by atoms with Gasteiger partial charge in [0.15, 0.2) is 0 Å². The van der Waals surface area contributed by atoms with Gasteiger partial charge < -0.3 is 15.7 Å². The minimum absolute atomic E-state index is 0. The zero-order valence-electron chi connectivity index (χ0n) is 12.0. The highest BCUT2D eigenvalue weighted by Gasteiger charge is 2.25. The first kappa shape index (κ1) is 17.9. The number of β-amino-alcohol motifs (C(OH)–C–C–N with tert-alkyl or cyclic N) is 1. The van der Waals surface area contributed by atoms with Gasteiger partial charge in [0.2, 0.25) is 5.91 Å². The molecule has 0 aromatic heterocycles. The molecule has 0 radical (unpaired) electrons. The number of carbonyl (C=O) groups is 1. The molecule has 0 aliphatic carbocycles. The van der Waals surface area contributed by atoms with E-state index in [1.54, 1.807) is 18.2 Å². The van der Waals surface area contributed by atoms with Crippen LogP contribution in [-0.2, 0) is 4.79 Å². The second kappa shape index (κ2) is 8.32. The van der Waals surface area contributed by atoms with Crippen LogP contribution in [0, 0.1) is 11.7 Å². The first-order chi connectivity index (χ1) is 9.58. The molecule has 1 amide bonds. The standard InChI is InChI=1S/C15H21FN2O2.ClH/c1-10(12-4-2-3-5-13(12)16)6-15(20)18-8-11-7-17-9-14(11)19;/h2-5,10-11,14,17,19H,6-9H2,1H3,(H,18,20);1H. The average Bonchev–Trinajstić information content (AvgIpc) is 2.82. The minimum Gasteiger partial charge on any atom is -0.391 e. The van der Waals surface area contributed by atoms with E-state index in [9.17, 15) is 14.3 Å². The minimum atomic E-state index is -0.403. The number of halogens is 2. The van der Waals surface area contributed by atoms with Crippen molar-refractivity contribution < 1.29 is 14.3 Å². The van der Waals surface area contributed by atoms with Crippen LogP contribution in [0.3, 0.4) is 0 Å². The molecule has 1 aliphatic heterocycles. The lowest BCUT2D eigenvalue weighted by atomic mass is 9.97. The number of carbonyl (C=O) groups excluding carboxylic acids is 1. The van der Waals surface area contributed by atoms with Crippen molar-refractivity contribution in [1.29, 1.82) is 0 Å². The highest BCUT2D eigenvalue weighted by atomic mass is 35.5. The molecule has 1 saturated heterocycles. The summed E-state index contributed by atoms with van der Waals surface area (Å²) in [7, 11) is 0. The molecular weight excluding hydrogens is 295 g/mol. The summed E-state index contributed by atoms with van der Waals surface area (Å²) in [6.45, 7) is 3.58. The van der Waals surface area contributed by atoms with Gasteiger partial charge in [0.1, 0.15) is 5.82 Å². The van der Waals surface area contributed by atoms with Gasteiger partial charge in [-0.25, -0.2) is 4.39 Å².